The second-order valence-electron chi connectivity index (χ2n) is 8.41. The van der Waals surface area contributed by atoms with Crippen LogP contribution in [0.15, 0.2) is 57.8 Å². The van der Waals surface area contributed by atoms with E-state index in [-0.39, 0.29) is 36.1 Å². The lowest BCUT2D eigenvalue weighted by molar-refractivity contribution is -0.144. The highest BCUT2D eigenvalue weighted by atomic mass is 16.3. The summed E-state index contributed by atoms with van der Waals surface area (Å²) in [5.74, 6) is -6.43. The number of furan rings is 1. The molecule has 1 amide bonds. The van der Waals surface area contributed by atoms with Crippen LogP contribution in [0.4, 0.5) is 0 Å². The van der Waals surface area contributed by atoms with E-state index in [1.165, 1.54) is 18.6 Å². The first-order valence-corrected chi connectivity index (χ1v) is 10.0. The van der Waals surface area contributed by atoms with E-state index in [1.54, 1.807) is 12.1 Å². The minimum Gasteiger partial charge on any atom is -0.511 e. The molecule has 164 valence electrons. The van der Waals surface area contributed by atoms with Crippen molar-refractivity contribution in [2.45, 2.75) is 24.9 Å². The van der Waals surface area contributed by atoms with E-state index in [9.17, 15) is 34.8 Å². The summed E-state index contributed by atoms with van der Waals surface area (Å²) in [6.45, 7) is 0. The van der Waals surface area contributed by atoms with Crippen molar-refractivity contribution in [3.05, 3.63) is 64.5 Å². The van der Waals surface area contributed by atoms with Crippen LogP contribution in [0, 0.1) is 11.8 Å². The van der Waals surface area contributed by atoms with Crippen LogP contribution in [0.5, 0.6) is 5.75 Å². The third-order valence-corrected chi connectivity index (χ3v) is 6.78. The van der Waals surface area contributed by atoms with Gasteiger partial charge in [0.05, 0.1) is 18.1 Å². The molecule has 0 saturated carbocycles. The fourth-order valence-electron chi connectivity index (χ4n) is 5.31. The second kappa shape index (κ2) is 6.57. The molecule has 0 bridgehead atoms. The van der Waals surface area contributed by atoms with Crippen molar-refractivity contribution in [1.29, 1.82) is 0 Å². The van der Waals surface area contributed by atoms with Crippen molar-refractivity contribution in [2.75, 3.05) is 0 Å². The summed E-state index contributed by atoms with van der Waals surface area (Å²) in [6.07, 6.45) is 3.06. The summed E-state index contributed by atoms with van der Waals surface area (Å²) in [5.41, 5.74) is 3.56. The standard InChI is InChI=1S/C23H19NO8/c24-22(30)18-15(26)7-11-5-10-6-13-12(9-3-4-32-8-9)1-2-14(25)17(13)19(27)16(10)20(28)23(11,31)21(18)29/h1-4,8,10-11,25-26,28,31H,5-7H2,(H2,24,30)/t10-,11+,23+/m1/s1. The third kappa shape index (κ3) is 2.45. The molecule has 9 heteroatoms. The van der Waals surface area contributed by atoms with E-state index in [2.05, 4.69) is 0 Å². The van der Waals surface area contributed by atoms with Gasteiger partial charge < -0.3 is 30.6 Å². The van der Waals surface area contributed by atoms with Crippen molar-refractivity contribution in [2.24, 2.45) is 17.6 Å². The Hall–Kier alpha value is -3.85. The first kappa shape index (κ1) is 20.1. The lowest BCUT2D eigenvalue weighted by Crippen LogP contribution is -2.57. The molecule has 0 spiro atoms. The number of benzene rings is 1. The predicted molar refractivity (Wildman–Crippen MR) is 109 cm³/mol. The number of phenols is 1. The maximum Gasteiger partial charge on any atom is 0.255 e. The molecule has 3 aliphatic rings. The Kier molecular flexibility index (Phi) is 4.12. The highest BCUT2D eigenvalue weighted by Gasteiger charge is 2.59. The van der Waals surface area contributed by atoms with E-state index >= 15 is 0 Å². The minimum atomic E-state index is -2.56. The van der Waals surface area contributed by atoms with Gasteiger partial charge in [-0.3, -0.25) is 14.4 Å². The Balaban J connectivity index is 1.70. The van der Waals surface area contributed by atoms with Gasteiger partial charge in [0.25, 0.3) is 5.91 Å². The molecule has 1 aromatic carbocycles. The molecule has 2 aromatic rings. The number of amides is 1. The van der Waals surface area contributed by atoms with Crippen LogP contribution in [-0.4, -0.2) is 43.5 Å². The number of aromatic hydroxyl groups is 1. The zero-order chi connectivity index (χ0) is 22.9. The summed E-state index contributed by atoms with van der Waals surface area (Å²) in [4.78, 5) is 38.0. The van der Waals surface area contributed by atoms with Crippen LogP contribution in [0.3, 0.4) is 0 Å². The van der Waals surface area contributed by atoms with Gasteiger partial charge in [0.1, 0.15) is 22.8 Å². The van der Waals surface area contributed by atoms with Gasteiger partial charge in [-0.15, -0.1) is 0 Å². The molecule has 3 aliphatic carbocycles. The molecule has 0 unspecified atom stereocenters. The molecule has 3 atom stereocenters. The van der Waals surface area contributed by atoms with Crippen molar-refractivity contribution in [1.82, 2.24) is 0 Å². The number of carbonyl (C=O) groups excluding carboxylic acids is 3. The zero-order valence-corrected chi connectivity index (χ0v) is 16.7. The molecule has 0 radical (unpaired) electrons. The first-order valence-electron chi connectivity index (χ1n) is 10.0. The Morgan fingerprint density at radius 3 is 2.53 bits per heavy atom. The number of fused-ring (bicyclic) bond motifs is 3. The van der Waals surface area contributed by atoms with Crippen molar-refractivity contribution >= 4 is 17.5 Å². The van der Waals surface area contributed by atoms with E-state index < -0.39 is 52.0 Å². The maximum absolute atomic E-state index is 13.4. The molecular weight excluding hydrogens is 418 g/mol. The number of nitrogens with two attached hydrogens (primary N) is 1. The lowest BCUT2D eigenvalue weighted by atomic mass is 9.60. The molecule has 0 aliphatic heterocycles. The third-order valence-electron chi connectivity index (χ3n) is 6.78. The molecule has 1 heterocycles. The topological polar surface area (TPSA) is 171 Å². The molecule has 1 aromatic heterocycles. The number of hydrogen-bond donors (Lipinski definition) is 5. The van der Waals surface area contributed by atoms with Crippen LogP contribution in [-0.2, 0) is 16.0 Å². The molecule has 5 rings (SSSR count). The fourth-order valence-corrected chi connectivity index (χ4v) is 5.31. The Morgan fingerprint density at radius 2 is 1.88 bits per heavy atom. The molecule has 0 fully saturated rings. The van der Waals surface area contributed by atoms with Crippen LogP contribution in [0.2, 0.25) is 0 Å². The summed E-state index contributed by atoms with van der Waals surface area (Å²) in [5, 5.41) is 42.8. The minimum absolute atomic E-state index is 0.0275. The number of phenolic OH excluding ortho intramolecular Hbond substituents is 1. The Labute approximate surface area is 181 Å². The van der Waals surface area contributed by atoms with Gasteiger partial charge in [-0.05, 0) is 42.0 Å². The molecule has 6 N–H and O–H groups in total. The molecule has 0 saturated heterocycles. The van der Waals surface area contributed by atoms with Gasteiger partial charge in [0.2, 0.25) is 5.78 Å². The number of rotatable bonds is 2. The number of ketones is 2. The van der Waals surface area contributed by atoms with E-state index in [1.807, 2.05) is 0 Å². The summed E-state index contributed by atoms with van der Waals surface area (Å²) in [7, 11) is 0. The number of aliphatic hydroxyl groups is 3. The summed E-state index contributed by atoms with van der Waals surface area (Å²) < 4.78 is 5.14. The van der Waals surface area contributed by atoms with E-state index in [0.717, 1.165) is 0 Å². The molecule has 9 nitrogen and oxygen atoms in total. The van der Waals surface area contributed by atoms with Gasteiger partial charge in [-0.1, -0.05) is 6.07 Å². The van der Waals surface area contributed by atoms with Gasteiger partial charge in [0.15, 0.2) is 11.4 Å². The van der Waals surface area contributed by atoms with Gasteiger partial charge in [-0.25, -0.2) is 0 Å². The van der Waals surface area contributed by atoms with E-state index in [0.29, 0.717) is 16.7 Å². The Bertz CT molecular complexity index is 1270. The lowest BCUT2D eigenvalue weighted by Gasteiger charge is -2.45. The SMILES string of the molecule is NC(=O)C1=C(O)C[C@@H]2C[C@@H]3Cc4c(-c5ccoc5)ccc(O)c4C(=O)C3=C(O)[C@]2(O)C1=O. The first-order chi connectivity index (χ1) is 15.2. The quantitative estimate of drug-likeness (QED) is 0.443. The number of aliphatic hydroxyl groups excluding tert-OH is 2. The highest BCUT2D eigenvalue weighted by Crippen LogP contribution is 2.52. The second-order valence-corrected chi connectivity index (χ2v) is 8.41. The highest BCUT2D eigenvalue weighted by molar-refractivity contribution is 6.24. The molecular formula is C23H19NO8. The average molecular weight is 437 g/mol. The van der Waals surface area contributed by atoms with Gasteiger partial charge in [-0.2, -0.15) is 0 Å². The molecule has 32 heavy (non-hydrogen) atoms. The maximum atomic E-state index is 13.4. The van der Waals surface area contributed by atoms with Gasteiger partial charge >= 0.3 is 0 Å². The summed E-state index contributed by atoms with van der Waals surface area (Å²) in [6, 6.07) is 4.74. The van der Waals surface area contributed by atoms with Crippen molar-refractivity contribution in [3.63, 3.8) is 0 Å². The smallest absolute Gasteiger partial charge is 0.255 e. The number of carbonyl (C=O) groups is 3. The number of primary amides is 1. The van der Waals surface area contributed by atoms with Crippen LogP contribution >= 0.6 is 0 Å². The van der Waals surface area contributed by atoms with Gasteiger partial charge in [0, 0.05) is 23.5 Å². The van der Waals surface area contributed by atoms with Crippen molar-refractivity contribution in [3.8, 4) is 16.9 Å². The van der Waals surface area contributed by atoms with Crippen molar-refractivity contribution < 1.29 is 39.2 Å². The zero-order valence-electron chi connectivity index (χ0n) is 16.7. The largest absolute Gasteiger partial charge is 0.511 e. The normalized spacial score (nSPS) is 27.2. The van der Waals surface area contributed by atoms with Crippen LogP contribution < -0.4 is 5.73 Å². The predicted octanol–water partition coefficient (Wildman–Crippen LogP) is 1.84. The summed E-state index contributed by atoms with van der Waals surface area (Å²) >= 11 is 0. The number of hydrogen-bond acceptors (Lipinski definition) is 8. The fraction of sp³-hybridized carbons (Fsp3) is 0.261. The van der Waals surface area contributed by atoms with Crippen LogP contribution in [0.25, 0.3) is 11.1 Å². The number of allylic oxidation sites excluding steroid dienone is 2. The average Bonchev–Trinajstić information content (AvgIpc) is 3.25. The van der Waals surface area contributed by atoms with E-state index in [4.69, 9.17) is 10.2 Å². The van der Waals surface area contributed by atoms with Crippen LogP contribution in [0.1, 0.15) is 28.8 Å². The Morgan fingerprint density at radius 1 is 1.12 bits per heavy atom. The monoisotopic (exact) mass is 437 g/mol. The number of Topliss-reactive ketones (excluding diaryl/α,β-unsaturated/α-hetero) is 2.